The molecule has 0 unspecified atom stereocenters. The number of benzene rings is 1. The number of phenolic OH excluding ortho intramolecular Hbond substituents is 1. The monoisotopic (exact) mass is 219 g/mol. The van der Waals surface area contributed by atoms with Crippen molar-refractivity contribution >= 4 is 0 Å². The van der Waals surface area contributed by atoms with Gasteiger partial charge in [0, 0.05) is 0 Å². The molecule has 1 aliphatic rings. The maximum atomic E-state index is 9.62. The van der Waals surface area contributed by atoms with Gasteiger partial charge >= 0.3 is 0 Å². The van der Waals surface area contributed by atoms with E-state index in [1.54, 1.807) is 0 Å². The van der Waals surface area contributed by atoms with E-state index in [0.29, 0.717) is 5.75 Å². The molecule has 0 aromatic heterocycles. The average molecular weight is 219 g/mol. The van der Waals surface area contributed by atoms with Crippen molar-refractivity contribution in [2.75, 3.05) is 13.1 Å². The van der Waals surface area contributed by atoms with Gasteiger partial charge in [-0.1, -0.05) is 6.07 Å². The van der Waals surface area contributed by atoms with E-state index in [4.69, 9.17) is 0 Å². The van der Waals surface area contributed by atoms with E-state index in [9.17, 15) is 5.11 Å². The molecule has 1 aliphatic heterocycles. The molecule has 0 spiro atoms. The molecule has 1 aromatic carbocycles. The number of hydrogen-bond donors (Lipinski definition) is 2. The summed E-state index contributed by atoms with van der Waals surface area (Å²) in [6.07, 6.45) is 3.72. The highest BCUT2D eigenvalue weighted by Crippen LogP contribution is 2.26. The van der Waals surface area contributed by atoms with Crippen molar-refractivity contribution in [3.8, 4) is 5.75 Å². The Labute approximate surface area is 97.7 Å². The fourth-order valence-corrected chi connectivity index (χ4v) is 2.48. The van der Waals surface area contributed by atoms with Gasteiger partial charge in [0.1, 0.15) is 5.75 Å². The Hall–Kier alpha value is -1.02. The first kappa shape index (κ1) is 11.5. The predicted octanol–water partition coefficient (Wildman–Crippen LogP) is 2.55. The molecule has 1 fully saturated rings. The number of nitrogens with one attached hydrogen (secondary N) is 1. The fourth-order valence-electron chi connectivity index (χ4n) is 2.48. The van der Waals surface area contributed by atoms with Crippen LogP contribution < -0.4 is 5.32 Å². The zero-order valence-corrected chi connectivity index (χ0v) is 10.2. The lowest BCUT2D eigenvalue weighted by atomic mass is 9.88. The number of hydrogen-bond acceptors (Lipinski definition) is 2. The van der Waals surface area contributed by atoms with Crippen molar-refractivity contribution in [1.82, 2.24) is 5.32 Å². The van der Waals surface area contributed by atoms with Crippen LogP contribution in [0.5, 0.6) is 5.75 Å². The molecule has 0 aliphatic carbocycles. The summed E-state index contributed by atoms with van der Waals surface area (Å²) in [7, 11) is 0. The molecule has 1 heterocycles. The van der Waals surface area contributed by atoms with Crippen LogP contribution in [-0.4, -0.2) is 18.2 Å². The minimum atomic E-state index is 0.423. The van der Waals surface area contributed by atoms with Gasteiger partial charge in [0.2, 0.25) is 0 Å². The maximum absolute atomic E-state index is 9.62. The van der Waals surface area contributed by atoms with Crippen LogP contribution in [0.15, 0.2) is 12.1 Å². The fraction of sp³-hybridized carbons (Fsp3) is 0.571. The van der Waals surface area contributed by atoms with Crippen LogP contribution >= 0.6 is 0 Å². The van der Waals surface area contributed by atoms with Crippen molar-refractivity contribution in [2.45, 2.75) is 33.1 Å². The third-order valence-corrected chi connectivity index (χ3v) is 3.84. The summed E-state index contributed by atoms with van der Waals surface area (Å²) < 4.78 is 0. The Kier molecular flexibility index (Phi) is 3.49. The quantitative estimate of drug-likeness (QED) is 0.801. The normalized spacial score (nSPS) is 17.6. The molecule has 0 saturated carbocycles. The Bertz CT molecular complexity index is 367. The van der Waals surface area contributed by atoms with Gasteiger partial charge < -0.3 is 10.4 Å². The first-order chi connectivity index (χ1) is 7.68. The highest BCUT2D eigenvalue weighted by Gasteiger charge is 2.15. The van der Waals surface area contributed by atoms with Gasteiger partial charge in [0.25, 0.3) is 0 Å². The van der Waals surface area contributed by atoms with Crippen LogP contribution in [0.3, 0.4) is 0 Å². The second-order valence-corrected chi connectivity index (χ2v) is 4.89. The van der Waals surface area contributed by atoms with E-state index in [0.717, 1.165) is 31.0 Å². The molecule has 2 rings (SSSR count). The Morgan fingerprint density at radius 1 is 1.19 bits per heavy atom. The van der Waals surface area contributed by atoms with E-state index in [-0.39, 0.29) is 0 Å². The summed E-state index contributed by atoms with van der Waals surface area (Å²) in [5.41, 5.74) is 3.70. The highest BCUT2D eigenvalue weighted by atomic mass is 16.3. The van der Waals surface area contributed by atoms with Crippen molar-refractivity contribution in [3.63, 3.8) is 0 Å². The minimum absolute atomic E-state index is 0.423. The van der Waals surface area contributed by atoms with Crippen LogP contribution in [0.1, 0.15) is 29.5 Å². The summed E-state index contributed by atoms with van der Waals surface area (Å²) in [6.45, 7) is 6.42. The Balaban J connectivity index is 2.11. The Morgan fingerprint density at radius 3 is 2.56 bits per heavy atom. The minimum Gasteiger partial charge on any atom is -0.508 e. The SMILES string of the molecule is Cc1c(O)ccc(CC2CCNCC2)c1C. The van der Waals surface area contributed by atoms with Crippen molar-refractivity contribution in [2.24, 2.45) is 5.92 Å². The zero-order chi connectivity index (χ0) is 11.5. The molecule has 1 aromatic rings. The second-order valence-electron chi connectivity index (χ2n) is 4.89. The van der Waals surface area contributed by atoms with Gasteiger partial charge in [-0.15, -0.1) is 0 Å². The smallest absolute Gasteiger partial charge is 0.118 e. The molecule has 2 N–H and O–H groups in total. The molecule has 2 nitrogen and oxygen atoms in total. The van der Waals surface area contributed by atoms with Gasteiger partial charge in [-0.2, -0.15) is 0 Å². The number of piperidine rings is 1. The largest absolute Gasteiger partial charge is 0.508 e. The summed E-state index contributed by atoms with van der Waals surface area (Å²) in [5.74, 6) is 1.23. The van der Waals surface area contributed by atoms with Gasteiger partial charge in [-0.3, -0.25) is 0 Å². The topological polar surface area (TPSA) is 32.3 Å². The van der Waals surface area contributed by atoms with Crippen LogP contribution in [0.2, 0.25) is 0 Å². The summed E-state index contributed by atoms with van der Waals surface area (Å²) in [5, 5.41) is 13.0. The lowest BCUT2D eigenvalue weighted by Crippen LogP contribution is -2.28. The van der Waals surface area contributed by atoms with Crippen LogP contribution in [0, 0.1) is 19.8 Å². The summed E-state index contributed by atoms with van der Waals surface area (Å²) in [4.78, 5) is 0. The van der Waals surface area contributed by atoms with Gasteiger partial charge in [0.15, 0.2) is 0 Å². The first-order valence-corrected chi connectivity index (χ1v) is 6.17. The van der Waals surface area contributed by atoms with E-state index in [2.05, 4.69) is 18.3 Å². The molecule has 0 bridgehead atoms. The third-order valence-electron chi connectivity index (χ3n) is 3.84. The van der Waals surface area contributed by atoms with E-state index in [1.165, 1.54) is 24.0 Å². The van der Waals surface area contributed by atoms with E-state index >= 15 is 0 Å². The lowest BCUT2D eigenvalue weighted by Gasteiger charge is -2.23. The standard InChI is InChI=1S/C14H21NO/c1-10-11(2)14(16)4-3-13(10)9-12-5-7-15-8-6-12/h3-4,12,15-16H,5-9H2,1-2H3. The molecule has 0 amide bonds. The summed E-state index contributed by atoms with van der Waals surface area (Å²) in [6, 6.07) is 3.92. The molecule has 88 valence electrons. The second kappa shape index (κ2) is 4.88. The van der Waals surface area contributed by atoms with Gasteiger partial charge in [-0.25, -0.2) is 0 Å². The van der Waals surface area contributed by atoms with Crippen LogP contribution in [-0.2, 0) is 6.42 Å². The van der Waals surface area contributed by atoms with Gasteiger partial charge in [-0.05, 0) is 74.9 Å². The van der Waals surface area contributed by atoms with Crippen LogP contribution in [0.25, 0.3) is 0 Å². The third kappa shape index (κ3) is 2.38. The van der Waals surface area contributed by atoms with E-state index in [1.807, 2.05) is 13.0 Å². The predicted molar refractivity (Wildman–Crippen MR) is 66.9 cm³/mol. The molecule has 0 radical (unpaired) electrons. The molecular formula is C14H21NO. The molecule has 2 heteroatoms. The van der Waals surface area contributed by atoms with Crippen LogP contribution in [0.4, 0.5) is 0 Å². The lowest BCUT2D eigenvalue weighted by molar-refractivity contribution is 0.372. The molecule has 16 heavy (non-hydrogen) atoms. The highest BCUT2D eigenvalue weighted by molar-refractivity contribution is 5.42. The molecule has 1 saturated heterocycles. The molecular weight excluding hydrogens is 198 g/mol. The van der Waals surface area contributed by atoms with Crippen molar-refractivity contribution < 1.29 is 5.11 Å². The number of rotatable bonds is 2. The van der Waals surface area contributed by atoms with Crippen molar-refractivity contribution in [1.29, 1.82) is 0 Å². The average Bonchev–Trinajstić information content (AvgIpc) is 2.31. The van der Waals surface area contributed by atoms with Gasteiger partial charge in [0.05, 0.1) is 0 Å². The van der Waals surface area contributed by atoms with E-state index < -0.39 is 0 Å². The Morgan fingerprint density at radius 2 is 1.88 bits per heavy atom. The summed E-state index contributed by atoms with van der Waals surface area (Å²) >= 11 is 0. The number of aromatic hydroxyl groups is 1. The zero-order valence-electron chi connectivity index (χ0n) is 10.2. The number of phenols is 1. The first-order valence-electron chi connectivity index (χ1n) is 6.17. The maximum Gasteiger partial charge on any atom is 0.118 e. The molecule has 0 atom stereocenters. The van der Waals surface area contributed by atoms with Crippen molar-refractivity contribution in [3.05, 3.63) is 28.8 Å².